The third-order valence-corrected chi connectivity index (χ3v) is 6.73. The summed E-state index contributed by atoms with van der Waals surface area (Å²) >= 11 is 0. The lowest BCUT2D eigenvalue weighted by Crippen LogP contribution is -2.38. The van der Waals surface area contributed by atoms with E-state index in [1.807, 2.05) is 42.5 Å². The number of benzene rings is 2. The van der Waals surface area contributed by atoms with Crippen molar-refractivity contribution in [1.29, 1.82) is 0 Å². The number of aromatic nitrogens is 2. The van der Waals surface area contributed by atoms with Gasteiger partial charge in [0.1, 0.15) is 6.61 Å². The van der Waals surface area contributed by atoms with E-state index in [-0.39, 0.29) is 18.6 Å². The number of ether oxygens (including phenoxy) is 1. The maximum absolute atomic E-state index is 13.1. The molecule has 4 aromatic rings. The quantitative estimate of drug-likeness (QED) is 0.310. The van der Waals surface area contributed by atoms with Crippen molar-refractivity contribution < 1.29 is 22.7 Å². The summed E-state index contributed by atoms with van der Waals surface area (Å²) < 4.78 is 44.7. The largest absolute Gasteiger partial charge is 0.445 e. The van der Waals surface area contributed by atoms with E-state index in [4.69, 9.17) is 4.74 Å². The third-order valence-electron chi connectivity index (χ3n) is 6.73. The van der Waals surface area contributed by atoms with Crippen LogP contribution in [0.25, 0.3) is 22.4 Å². The third kappa shape index (κ3) is 5.69. The summed E-state index contributed by atoms with van der Waals surface area (Å²) in [5, 5.41) is 0. The molecule has 3 heterocycles. The van der Waals surface area contributed by atoms with E-state index in [0.29, 0.717) is 18.7 Å². The van der Waals surface area contributed by atoms with Crippen molar-refractivity contribution in [1.82, 2.24) is 14.9 Å². The summed E-state index contributed by atoms with van der Waals surface area (Å²) in [6.07, 6.45) is 0.184. The fourth-order valence-corrected chi connectivity index (χ4v) is 4.69. The molecule has 1 fully saturated rings. The number of nitrogens with one attached hydrogen (secondary N) is 1. The van der Waals surface area contributed by atoms with Gasteiger partial charge in [0, 0.05) is 42.7 Å². The molecule has 0 radical (unpaired) electrons. The molecule has 0 spiro atoms. The van der Waals surface area contributed by atoms with Crippen molar-refractivity contribution in [3.8, 4) is 22.4 Å². The van der Waals surface area contributed by atoms with E-state index in [0.717, 1.165) is 53.1 Å². The Kier molecular flexibility index (Phi) is 6.99. The Hall–Kier alpha value is -4.07. The number of H-pyrrole nitrogens is 1. The molecule has 2 aromatic carbocycles. The Morgan fingerprint density at radius 1 is 0.946 bits per heavy atom. The first-order chi connectivity index (χ1) is 17.9. The molecule has 0 unspecified atom stereocenters. The van der Waals surface area contributed by atoms with Crippen LogP contribution in [0, 0.1) is 0 Å². The number of rotatable bonds is 5. The predicted molar refractivity (Wildman–Crippen MR) is 135 cm³/mol. The SMILES string of the molecule is O=C(OCc1ccccc1)N1CCC(c2cc(-c3ccncc3)c(-c3ccc(C(F)(F)F)cc3)[nH]2)CC1. The number of carbonyl (C=O) groups is 1. The second kappa shape index (κ2) is 10.5. The van der Waals surface area contributed by atoms with Gasteiger partial charge in [0.15, 0.2) is 0 Å². The lowest BCUT2D eigenvalue weighted by molar-refractivity contribution is -0.137. The summed E-state index contributed by atoms with van der Waals surface area (Å²) in [4.78, 5) is 21.8. The molecular formula is C29H26F3N3O2. The van der Waals surface area contributed by atoms with E-state index >= 15 is 0 Å². The molecule has 1 saturated heterocycles. The average Bonchev–Trinajstić information content (AvgIpc) is 3.38. The molecule has 190 valence electrons. The van der Waals surface area contributed by atoms with E-state index in [2.05, 4.69) is 16.0 Å². The number of carbonyl (C=O) groups excluding carboxylic acids is 1. The van der Waals surface area contributed by atoms with Gasteiger partial charge in [-0.2, -0.15) is 13.2 Å². The number of aromatic amines is 1. The maximum atomic E-state index is 13.1. The van der Waals surface area contributed by atoms with Gasteiger partial charge in [0.2, 0.25) is 0 Å². The number of halogens is 3. The van der Waals surface area contributed by atoms with Gasteiger partial charge in [-0.15, -0.1) is 0 Å². The first-order valence-electron chi connectivity index (χ1n) is 12.1. The van der Waals surface area contributed by atoms with Crippen molar-refractivity contribution >= 4 is 6.09 Å². The second-order valence-corrected chi connectivity index (χ2v) is 9.13. The van der Waals surface area contributed by atoms with Gasteiger partial charge in [-0.05, 0) is 59.9 Å². The molecular weight excluding hydrogens is 479 g/mol. The highest BCUT2D eigenvalue weighted by Crippen LogP contribution is 2.38. The molecule has 0 bridgehead atoms. The summed E-state index contributed by atoms with van der Waals surface area (Å²) in [6.45, 7) is 1.37. The molecule has 2 aromatic heterocycles. The number of nitrogens with zero attached hydrogens (tertiary/aromatic N) is 2. The fraction of sp³-hybridized carbons (Fsp3) is 0.241. The van der Waals surface area contributed by atoms with Crippen molar-refractivity contribution in [3.05, 3.63) is 102 Å². The summed E-state index contributed by atoms with van der Waals surface area (Å²) in [7, 11) is 0. The van der Waals surface area contributed by atoms with Crippen LogP contribution in [0.2, 0.25) is 0 Å². The van der Waals surface area contributed by atoms with E-state index in [1.54, 1.807) is 17.3 Å². The van der Waals surface area contributed by atoms with Crippen molar-refractivity contribution in [2.75, 3.05) is 13.1 Å². The molecule has 1 N–H and O–H groups in total. The monoisotopic (exact) mass is 505 g/mol. The van der Waals surface area contributed by atoms with Crippen molar-refractivity contribution in [2.45, 2.75) is 31.5 Å². The van der Waals surface area contributed by atoms with E-state index in [9.17, 15) is 18.0 Å². The van der Waals surface area contributed by atoms with Crippen LogP contribution in [0.3, 0.4) is 0 Å². The maximum Gasteiger partial charge on any atom is 0.416 e. The molecule has 37 heavy (non-hydrogen) atoms. The fourth-order valence-electron chi connectivity index (χ4n) is 4.69. The average molecular weight is 506 g/mol. The molecule has 0 aliphatic carbocycles. The highest BCUT2D eigenvalue weighted by molar-refractivity contribution is 5.82. The van der Waals surface area contributed by atoms with Gasteiger partial charge < -0.3 is 14.6 Å². The first-order valence-corrected chi connectivity index (χ1v) is 12.1. The van der Waals surface area contributed by atoms with E-state index in [1.165, 1.54) is 12.1 Å². The number of hydrogen-bond donors (Lipinski definition) is 1. The number of amides is 1. The molecule has 1 aliphatic rings. The zero-order valence-electron chi connectivity index (χ0n) is 20.0. The molecule has 5 rings (SSSR count). The zero-order valence-corrected chi connectivity index (χ0v) is 20.0. The van der Waals surface area contributed by atoms with Crippen molar-refractivity contribution in [3.63, 3.8) is 0 Å². The summed E-state index contributed by atoms with van der Waals surface area (Å²) in [5.41, 5.74) is 4.53. The van der Waals surface area contributed by atoms with Crippen LogP contribution in [0.4, 0.5) is 18.0 Å². The standard InChI is InChI=1S/C29H26F3N3O2/c30-29(31,32)24-8-6-23(7-9-24)27-25(21-10-14-33-15-11-21)18-26(34-27)22-12-16-35(17-13-22)28(36)37-19-20-4-2-1-3-5-20/h1-11,14-15,18,22,34H,12-13,16-17,19H2. The molecule has 8 heteroatoms. The van der Waals surface area contributed by atoms with Crippen LogP contribution < -0.4 is 0 Å². The number of likely N-dealkylation sites (tertiary alicyclic amines) is 1. The Morgan fingerprint density at radius 3 is 2.27 bits per heavy atom. The van der Waals surface area contributed by atoms with Crippen LogP contribution in [0.1, 0.15) is 35.6 Å². The van der Waals surface area contributed by atoms with Gasteiger partial charge in [-0.3, -0.25) is 4.98 Å². The minimum atomic E-state index is -4.39. The molecule has 1 aliphatic heterocycles. The van der Waals surface area contributed by atoms with Crippen LogP contribution in [0.15, 0.2) is 85.2 Å². The van der Waals surface area contributed by atoms with Crippen LogP contribution in [-0.2, 0) is 17.5 Å². The minimum Gasteiger partial charge on any atom is -0.445 e. The zero-order chi connectivity index (χ0) is 25.8. The van der Waals surface area contributed by atoms with Crippen molar-refractivity contribution in [2.24, 2.45) is 0 Å². The van der Waals surface area contributed by atoms with Gasteiger partial charge in [-0.1, -0.05) is 42.5 Å². The number of alkyl halides is 3. The normalized spacial score (nSPS) is 14.5. The predicted octanol–water partition coefficient (Wildman–Crippen LogP) is 7.28. The Balaban J connectivity index is 1.32. The number of pyridine rings is 1. The highest BCUT2D eigenvalue weighted by Gasteiger charge is 2.30. The van der Waals surface area contributed by atoms with Crippen LogP contribution in [-0.4, -0.2) is 34.1 Å². The van der Waals surface area contributed by atoms with Gasteiger partial charge >= 0.3 is 12.3 Å². The molecule has 0 saturated carbocycles. The smallest absolute Gasteiger partial charge is 0.416 e. The second-order valence-electron chi connectivity index (χ2n) is 9.13. The molecule has 0 atom stereocenters. The number of hydrogen-bond acceptors (Lipinski definition) is 3. The van der Waals surface area contributed by atoms with Gasteiger partial charge in [0.25, 0.3) is 0 Å². The van der Waals surface area contributed by atoms with Gasteiger partial charge in [-0.25, -0.2) is 4.79 Å². The lowest BCUT2D eigenvalue weighted by atomic mass is 9.93. The highest BCUT2D eigenvalue weighted by atomic mass is 19.4. The number of piperidine rings is 1. The Morgan fingerprint density at radius 2 is 1.62 bits per heavy atom. The lowest BCUT2D eigenvalue weighted by Gasteiger charge is -2.31. The van der Waals surface area contributed by atoms with Gasteiger partial charge in [0.05, 0.1) is 11.3 Å². The molecule has 5 nitrogen and oxygen atoms in total. The van der Waals surface area contributed by atoms with Crippen LogP contribution in [0.5, 0.6) is 0 Å². The van der Waals surface area contributed by atoms with E-state index < -0.39 is 11.7 Å². The molecule has 1 amide bonds. The Bertz CT molecular complexity index is 1330. The van der Waals surface area contributed by atoms with Crippen LogP contribution >= 0.6 is 0 Å². The minimum absolute atomic E-state index is 0.182. The Labute approximate surface area is 212 Å². The topological polar surface area (TPSA) is 58.2 Å². The first kappa shape index (κ1) is 24.6. The summed E-state index contributed by atoms with van der Waals surface area (Å²) in [5.74, 6) is 0.182. The summed E-state index contributed by atoms with van der Waals surface area (Å²) in [6, 6.07) is 20.6.